The molecule has 0 heterocycles. The SMILES string of the molecule is CC1(C)CC1C(=O)NC(C(=O)O)C1CC1. The van der Waals surface area contributed by atoms with Crippen LogP contribution in [0.3, 0.4) is 0 Å². The van der Waals surface area contributed by atoms with Gasteiger partial charge in [-0.05, 0) is 30.6 Å². The van der Waals surface area contributed by atoms with Gasteiger partial charge in [-0.25, -0.2) is 4.79 Å². The predicted octanol–water partition coefficient (Wildman–Crippen LogP) is 1.01. The van der Waals surface area contributed by atoms with Gasteiger partial charge in [0, 0.05) is 5.92 Å². The lowest BCUT2D eigenvalue weighted by atomic mass is 10.1. The number of amides is 1. The Labute approximate surface area is 89.0 Å². The number of carboxylic acid groups (broad SMARTS) is 1. The topological polar surface area (TPSA) is 66.4 Å². The van der Waals surface area contributed by atoms with E-state index in [1.54, 1.807) is 0 Å². The Balaban J connectivity index is 1.90. The Kier molecular flexibility index (Phi) is 2.24. The molecule has 2 aliphatic carbocycles. The van der Waals surface area contributed by atoms with Gasteiger partial charge in [0.1, 0.15) is 6.04 Å². The van der Waals surface area contributed by atoms with Crippen LogP contribution in [0.4, 0.5) is 0 Å². The molecule has 0 radical (unpaired) electrons. The zero-order valence-electron chi connectivity index (χ0n) is 9.12. The van der Waals surface area contributed by atoms with Gasteiger partial charge in [-0.15, -0.1) is 0 Å². The molecule has 84 valence electrons. The van der Waals surface area contributed by atoms with Crippen LogP contribution in [0.1, 0.15) is 33.1 Å². The van der Waals surface area contributed by atoms with Crippen molar-refractivity contribution in [3.8, 4) is 0 Å². The molecule has 0 spiro atoms. The Morgan fingerprint density at radius 2 is 1.93 bits per heavy atom. The van der Waals surface area contributed by atoms with E-state index in [1.165, 1.54) is 0 Å². The molecule has 0 aromatic rings. The average Bonchev–Trinajstić information content (AvgIpc) is 2.97. The van der Waals surface area contributed by atoms with Crippen LogP contribution in [0.2, 0.25) is 0 Å². The summed E-state index contributed by atoms with van der Waals surface area (Å²) < 4.78 is 0. The summed E-state index contributed by atoms with van der Waals surface area (Å²) in [6, 6.07) is -0.658. The van der Waals surface area contributed by atoms with E-state index in [9.17, 15) is 9.59 Å². The first-order valence-electron chi connectivity index (χ1n) is 5.45. The number of nitrogens with one attached hydrogen (secondary N) is 1. The lowest BCUT2D eigenvalue weighted by Gasteiger charge is -2.14. The third-order valence-electron chi connectivity index (χ3n) is 3.49. The Morgan fingerprint density at radius 1 is 1.40 bits per heavy atom. The second-order valence-electron chi connectivity index (χ2n) is 5.41. The van der Waals surface area contributed by atoms with Crippen molar-refractivity contribution in [3.05, 3.63) is 0 Å². The summed E-state index contributed by atoms with van der Waals surface area (Å²) in [6.45, 7) is 4.06. The molecule has 1 amide bonds. The molecular weight excluding hydrogens is 194 g/mol. The monoisotopic (exact) mass is 211 g/mol. The number of carbonyl (C=O) groups excluding carboxylic acids is 1. The highest BCUT2D eigenvalue weighted by Gasteiger charge is 2.51. The molecule has 2 saturated carbocycles. The van der Waals surface area contributed by atoms with Crippen molar-refractivity contribution in [3.63, 3.8) is 0 Å². The molecule has 2 atom stereocenters. The molecule has 2 N–H and O–H groups in total. The maximum absolute atomic E-state index is 11.7. The molecule has 2 aliphatic rings. The van der Waals surface area contributed by atoms with E-state index in [4.69, 9.17) is 5.11 Å². The van der Waals surface area contributed by atoms with Crippen LogP contribution in [0, 0.1) is 17.3 Å². The van der Waals surface area contributed by atoms with Crippen molar-refractivity contribution in [2.45, 2.75) is 39.2 Å². The molecule has 0 bridgehead atoms. The summed E-state index contributed by atoms with van der Waals surface area (Å²) >= 11 is 0. The van der Waals surface area contributed by atoms with Gasteiger partial charge in [0.05, 0.1) is 0 Å². The molecule has 0 saturated heterocycles. The zero-order valence-corrected chi connectivity index (χ0v) is 9.12. The van der Waals surface area contributed by atoms with Crippen LogP contribution in [0.25, 0.3) is 0 Å². The van der Waals surface area contributed by atoms with Crippen LogP contribution in [-0.4, -0.2) is 23.0 Å². The van der Waals surface area contributed by atoms with E-state index in [0.717, 1.165) is 19.3 Å². The smallest absolute Gasteiger partial charge is 0.326 e. The summed E-state index contributed by atoms with van der Waals surface area (Å²) in [6.07, 6.45) is 2.71. The lowest BCUT2D eigenvalue weighted by Crippen LogP contribution is -2.43. The first kappa shape index (κ1) is 10.5. The molecule has 0 aliphatic heterocycles. The Morgan fingerprint density at radius 3 is 2.27 bits per heavy atom. The van der Waals surface area contributed by atoms with Gasteiger partial charge in [0.25, 0.3) is 0 Å². The van der Waals surface area contributed by atoms with E-state index in [0.29, 0.717) is 0 Å². The summed E-state index contributed by atoms with van der Waals surface area (Å²) in [7, 11) is 0. The maximum atomic E-state index is 11.7. The summed E-state index contributed by atoms with van der Waals surface area (Å²) in [5.74, 6) is -0.810. The number of hydrogen-bond acceptors (Lipinski definition) is 2. The van der Waals surface area contributed by atoms with Crippen molar-refractivity contribution < 1.29 is 14.7 Å². The molecule has 4 nitrogen and oxygen atoms in total. The van der Waals surface area contributed by atoms with Gasteiger partial charge in [-0.2, -0.15) is 0 Å². The molecule has 2 unspecified atom stereocenters. The molecule has 0 aromatic carbocycles. The van der Waals surface area contributed by atoms with Crippen molar-refractivity contribution in [2.24, 2.45) is 17.3 Å². The third-order valence-corrected chi connectivity index (χ3v) is 3.49. The van der Waals surface area contributed by atoms with Crippen LogP contribution in [-0.2, 0) is 9.59 Å². The molecule has 0 aromatic heterocycles. The van der Waals surface area contributed by atoms with E-state index in [-0.39, 0.29) is 23.2 Å². The van der Waals surface area contributed by atoms with Crippen LogP contribution in [0.5, 0.6) is 0 Å². The zero-order chi connectivity index (χ0) is 11.2. The van der Waals surface area contributed by atoms with Crippen molar-refractivity contribution in [2.75, 3.05) is 0 Å². The number of carboxylic acids is 1. The van der Waals surface area contributed by atoms with Gasteiger partial charge in [-0.3, -0.25) is 4.79 Å². The lowest BCUT2D eigenvalue weighted by molar-refractivity contribution is -0.142. The highest BCUT2D eigenvalue weighted by molar-refractivity contribution is 5.87. The van der Waals surface area contributed by atoms with Gasteiger partial charge in [-0.1, -0.05) is 13.8 Å². The fraction of sp³-hybridized carbons (Fsp3) is 0.818. The average molecular weight is 211 g/mol. The van der Waals surface area contributed by atoms with E-state index in [1.807, 2.05) is 13.8 Å². The van der Waals surface area contributed by atoms with Crippen molar-refractivity contribution in [1.29, 1.82) is 0 Å². The normalized spacial score (nSPS) is 29.3. The summed E-state index contributed by atoms with van der Waals surface area (Å²) in [4.78, 5) is 22.6. The minimum atomic E-state index is -0.899. The third kappa shape index (κ3) is 2.13. The van der Waals surface area contributed by atoms with Crippen molar-refractivity contribution in [1.82, 2.24) is 5.32 Å². The van der Waals surface area contributed by atoms with Crippen molar-refractivity contribution >= 4 is 11.9 Å². The fourth-order valence-electron chi connectivity index (χ4n) is 1.98. The minimum absolute atomic E-state index is 0.0121. The summed E-state index contributed by atoms with van der Waals surface area (Å²) in [5.41, 5.74) is 0.0662. The molecule has 2 fully saturated rings. The Hall–Kier alpha value is -1.06. The fourth-order valence-corrected chi connectivity index (χ4v) is 1.98. The number of rotatable bonds is 4. The van der Waals surface area contributed by atoms with E-state index >= 15 is 0 Å². The molecule has 15 heavy (non-hydrogen) atoms. The highest BCUT2D eigenvalue weighted by Crippen LogP contribution is 2.51. The highest BCUT2D eigenvalue weighted by atomic mass is 16.4. The Bertz CT molecular complexity index is 307. The second-order valence-corrected chi connectivity index (χ2v) is 5.41. The number of carbonyl (C=O) groups is 2. The largest absolute Gasteiger partial charge is 0.480 e. The van der Waals surface area contributed by atoms with Gasteiger partial charge < -0.3 is 10.4 Å². The molecule has 2 rings (SSSR count). The number of hydrogen-bond donors (Lipinski definition) is 2. The van der Waals surface area contributed by atoms with E-state index in [2.05, 4.69) is 5.32 Å². The standard InChI is InChI=1S/C11H17NO3/c1-11(2)5-7(11)9(13)12-8(10(14)15)6-3-4-6/h6-8H,3-5H2,1-2H3,(H,12,13)(H,14,15). The predicted molar refractivity (Wildman–Crippen MR) is 54.2 cm³/mol. The van der Waals surface area contributed by atoms with Gasteiger partial charge in [0.2, 0.25) is 5.91 Å². The van der Waals surface area contributed by atoms with Crippen LogP contribution >= 0.6 is 0 Å². The minimum Gasteiger partial charge on any atom is -0.480 e. The number of aliphatic carboxylic acids is 1. The first-order valence-corrected chi connectivity index (χ1v) is 5.45. The van der Waals surface area contributed by atoms with Crippen LogP contribution in [0.15, 0.2) is 0 Å². The van der Waals surface area contributed by atoms with Gasteiger partial charge >= 0.3 is 5.97 Å². The molecular formula is C11H17NO3. The van der Waals surface area contributed by atoms with Gasteiger partial charge in [0.15, 0.2) is 0 Å². The second kappa shape index (κ2) is 3.22. The first-order chi connectivity index (χ1) is 6.92. The maximum Gasteiger partial charge on any atom is 0.326 e. The van der Waals surface area contributed by atoms with E-state index < -0.39 is 12.0 Å². The van der Waals surface area contributed by atoms with Crippen LogP contribution < -0.4 is 5.32 Å². The molecule has 4 heteroatoms. The quantitative estimate of drug-likeness (QED) is 0.729. The summed E-state index contributed by atoms with van der Waals surface area (Å²) in [5, 5.41) is 11.6.